The minimum atomic E-state index is -4.52. The van der Waals surface area contributed by atoms with Crippen LogP contribution in [0.5, 0.6) is 5.75 Å². The van der Waals surface area contributed by atoms with Gasteiger partial charge in [-0.2, -0.15) is 13.2 Å². The van der Waals surface area contributed by atoms with Gasteiger partial charge in [-0.25, -0.2) is 0 Å². The predicted octanol–water partition coefficient (Wildman–Crippen LogP) is 3.64. The lowest BCUT2D eigenvalue weighted by atomic mass is 10.1. The maximum Gasteiger partial charge on any atom is 0.416 e. The van der Waals surface area contributed by atoms with Crippen molar-refractivity contribution in [3.05, 3.63) is 59.7 Å². The number of carbonyl (C=O) groups excluding carboxylic acids is 2. The molecule has 3 rings (SSSR count). The fourth-order valence-corrected chi connectivity index (χ4v) is 3.05. The first-order valence-electron chi connectivity index (χ1n) is 8.79. The highest BCUT2D eigenvalue weighted by Crippen LogP contribution is 2.30. The molecule has 1 aliphatic heterocycles. The molecule has 2 amide bonds. The van der Waals surface area contributed by atoms with Crippen LogP contribution in [0.3, 0.4) is 0 Å². The first kappa shape index (κ1) is 19.7. The lowest BCUT2D eigenvalue weighted by Crippen LogP contribution is -2.37. The van der Waals surface area contributed by atoms with Gasteiger partial charge in [-0.15, -0.1) is 0 Å². The second-order valence-electron chi connectivity index (χ2n) is 6.38. The number of alkyl halides is 3. The Bertz CT molecular complexity index is 866. The van der Waals surface area contributed by atoms with E-state index in [9.17, 15) is 22.8 Å². The minimum Gasteiger partial charge on any atom is -0.494 e. The molecule has 1 fully saturated rings. The second kappa shape index (κ2) is 7.92. The summed E-state index contributed by atoms with van der Waals surface area (Å²) in [7, 11) is 0. The van der Waals surface area contributed by atoms with Gasteiger partial charge < -0.3 is 15.0 Å². The molecule has 5 nitrogen and oxygen atoms in total. The second-order valence-corrected chi connectivity index (χ2v) is 6.38. The molecule has 0 saturated carbocycles. The summed E-state index contributed by atoms with van der Waals surface area (Å²) in [5, 5.41) is 2.64. The van der Waals surface area contributed by atoms with E-state index >= 15 is 0 Å². The standard InChI is InChI=1S/C20H19F3N2O3/c1-2-28-17-8-6-16(7-9-17)25-12-15(11-18(25)26)24-19(27)13-4-3-5-14(10-13)20(21,22)23/h3-10,15H,2,11-12H2,1H3,(H,24,27)/t15-/m0/s1. The van der Waals surface area contributed by atoms with Crippen molar-refractivity contribution in [2.45, 2.75) is 25.6 Å². The van der Waals surface area contributed by atoms with Gasteiger partial charge >= 0.3 is 6.18 Å². The maximum atomic E-state index is 12.8. The van der Waals surface area contributed by atoms with Crippen LogP contribution in [-0.4, -0.2) is 31.0 Å². The quantitative estimate of drug-likeness (QED) is 0.845. The van der Waals surface area contributed by atoms with Crippen molar-refractivity contribution in [3.63, 3.8) is 0 Å². The molecule has 0 unspecified atom stereocenters. The van der Waals surface area contributed by atoms with E-state index in [-0.39, 0.29) is 24.4 Å². The minimum absolute atomic E-state index is 0.0813. The molecule has 1 saturated heterocycles. The van der Waals surface area contributed by atoms with E-state index in [1.807, 2.05) is 6.92 Å². The number of rotatable bonds is 5. The molecule has 0 aliphatic carbocycles. The summed E-state index contributed by atoms with van der Waals surface area (Å²) >= 11 is 0. The third kappa shape index (κ3) is 4.44. The Morgan fingerprint density at radius 2 is 1.93 bits per heavy atom. The molecule has 2 aromatic rings. The Hall–Kier alpha value is -3.03. The van der Waals surface area contributed by atoms with E-state index in [4.69, 9.17) is 4.74 Å². The van der Waals surface area contributed by atoms with Crippen molar-refractivity contribution in [1.82, 2.24) is 5.32 Å². The number of nitrogens with zero attached hydrogens (tertiary/aromatic N) is 1. The summed E-state index contributed by atoms with van der Waals surface area (Å²) in [5.74, 6) is -0.122. The van der Waals surface area contributed by atoms with Gasteiger partial charge in [0.05, 0.1) is 18.2 Å². The third-order valence-electron chi connectivity index (χ3n) is 4.37. The van der Waals surface area contributed by atoms with Gasteiger partial charge in [-0.1, -0.05) is 6.07 Å². The van der Waals surface area contributed by atoms with E-state index in [1.165, 1.54) is 17.0 Å². The van der Waals surface area contributed by atoms with E-state index in [0.717, 1.165) is 12.1 Å². The summed E-state index contributed by atoms with van der Waals surface area (Å²) in [5.41, 5.74) is -0.315. The number of anilines is 1. The molecule has 1 heterocycles. The Kier molecular flexibility index (Phi) is 5.58. The van der Waals surface area contributed by atoms with E-state index in [2.05, 4.69) is 5.32 Å². The van der Waals surface area contributed by atoms with Crippen molar-refractivity contribution in [2.75, 3.05) is 18.1 Å². The number of hydrogen-bond acceptors (Lipinski definition) is 3. The average Bonchev–Trinajstić information content (AvgIpc) is 3.02. The van der Waals surface area contributed by atoms with E-state index < -0.39 is 23.7 Å². The molecular weight excluding hydrogens is 373 g/mol. The topological polar surface area (TPSA) is 58.6 Å². The summed E-state index contributed by atoms with van der Waals surface area (Å²) in [6.07, 6.45) is -4.44. The lowest BCUT2D eigenvalue weighted by Gasteiger charge is -2.18. The van der Waals surface area contributed by atoms with Crippen LogP contribution in [0, 0.1) is 0 Å². The summed E-state index contributed by atoms with van der Waals surface area (Å²) in [4.78, 5) is 26.1. The number of halogens is 3. The fraction of sp³-hybridized carbons (Fsp3) is 0.300. The van der Waals surface area contributed by atoms with Gasteiger partial charge in [-0.3, -0.25) is 9.59 Å². The molecule has 28 heavy (non-hydrogen) atoms. The molecule has 0 bridgehead atoms. The molecule has 0 spiro atoms. The Labute approximate surface area is 160 Å². The van der Waals surface area contributed by atoms with Crippen LogP contribution in [0.4, 0.5) is 18.9 Å². The number of hydrogen-bond donors (Lipinski definition) is 1. The van der Waals surface area contributed by atoms with Crippen molar-refractivity contribution in [1.29, 1.82) is 0 Å². The van der Waals surface area contributed by atoms with Crippen molar-refractivity contribution >= 4 is 17.5 Å². The molecule has 0 radical (unpaired) electrons. The smallest absolute Gasteiger partial charge is 0.416 e. The largest absolute Gasteiger partial charge is 0.494 e. The number of carbonyl (C=O) groups is 2. The average molecular weight is 392 g/mol. The molecule has 8 heteroatoms. The summed E-state index contributed by atoms with van der Waals surface area (Å²) in [6.45, 7) is 2.65. The van der Waals surface area contributed by atoms with Crippen LogP contribution in [0.25, 0.3) is 0 Å². The van der Waals surface area contributed by atoms with Gasteiger partial charge in [0.2, 0.25) is 5.91 Å². The van der Waals surface area contributed by atoms with Crippen LogP contribution >= 0.6 is 0 Å². The van der Waals surface area contributed by atoms with Crippen molar-refractivity contribution in [3.8, 4) is 5.75 Å². The van der Waals surface area contributed by atoms with Gasteiger partial charge in [0.25, 0.3) is 5.91 Å². The first-order chi connectivity index (χ1) is 13.3. The highest BCUT2D eigenvalue weighted by Gasteiger charge is 2.33. The van der Waals surface area contributed by atoms with E-state index in [0.29, 0.717) is 18.0 Å². The fourth-order valence-electron chi connectivity index (χ4n) is 3.05. The highest BCUT2D eigenvalue weighted by molar-refractivity contribution is 5.99. The van der Waals surface area contributed by atoms with Gasteiger partial charge in [0, 0.05) is 24.2 Å². The van der Waals surface area contributed by atoms with Gasteiger partial charge in [0.15, 0.2) is 0 Å². The Morgan fingerprint density at radius 1 is 1.21 bits per heavy atom. The summed E-state index contributed by atoms with van der Waals surface area (Å²) < 4.78 is 43.8. The van der Waals surface area contributed by atoms with Crippen LogP contribution in [-0.2, 0) is 11.0 Å². The summed E-state index contributed by atoms with van der Waals surface area (Å²) in [6, 6.07) is 10.7. The SMILES string of the molecule is CCOc1ccc(N2C[C@@H](NC(=O)c3cccc(C(F)(F)F)c3)CC2=O)cc1. The molecule has 1 N–H and O–H groups in total. The normalized spacial score (nSPS) is 16.9. The third-order valence-corrected chi connectivity index (χ3v) is 4.37. The van der Waals surface area contributed by atoms with Crippen LogP contribution in [0.2, 0.25) is 0 Å². The number of amides is 2. The zero-order valence-electron chi connectivity index (χ0n) is 15.1. The number of nitrogens with one attached hydrogen (secondary N) is 1. The highest BCUT2D eigenvalue weighted by atomic mass is 19.4. The van der Waals surface area contributed by atoms with Gasteiger partial charge in [-0.05, 0) is 49.4 Å². The predicted molar refractivity (Wildman–Crippen MR) is 97.3 cm³/mol. The Morgan fingerprint density at radius 3 is 2.57 bits per heavy atom. The zero-order valence-corrected chi connectivity index (χ0v) is 15.1. The maximum absolute atomic E-state index is 12.8. The zero-order chi connectivity index (χ0) is 20.3. The van der Waals surface area contributed by atoms with Crippen LogP contribution in [0.1, 0.15) is 29.3 Å². The van der Waals surface area contributed by atoms with Gasteiger partial charge in [0.1, 0.15) is 5.75 Å². The molecule has 1 aliphatic rings. The lowest BCUT2D eigenvalue weighted by molar-refractivity contribution is -0.137. The first-order valence-corrected chi connectivity index (χ1v) is 8.79. The van der Waals surface area contributed by atoms with Crippen LogP contribution in [0.15, 0.2) is 48.5 Å². The number of ether oxygens (including phenoxy) is 1. The molecule has 0 aromatic heterocycles. The van der Waals surface area contributed by atoms with Crippen molar-refractivity contribution in [2.24, 2.45) is 0 Å². The van der Waals surface area contributed by atoms with Crippen LogP contribution < -0.4 is 15.0 Å². The monoisotopic (exact) mass is 392 g/mol. The van der Waals surface area contributed by atoms with Crippen molar-refractivity contribution < 1.29 is 27.5 Å². The Balaban J connectivity index is 1.66. The molecule has 2 aromatic carbocycles. The van der Waals surface area contributed by atoms with E-state index in [1.54, 1.807) is 24.3 Å². The number of benzene rings is 2. The molecule has 1 atom stereocenters. The molecule has 148 valence electrons. The molecular formula is C20H19F3N2O3.